The normalized spacial score (nSPS) is 26.8. The van der Waals surface area contributed by atoms with E-state index in [2.05, 4.69) is 53.3 Å². The van der Waals surface area contributed by atoms with Gasteiger partial charge < -0.3 is 11.1 Å². The molecule has 2 atom stereocenters. The molecule has 1 aromatic carbocycles. The molecule has 0 aliphatic heterocycles. The molecule has 0 aromatic heterocycles. The van der Waals surface area contributed by atoms with Gasteiger partial charge in [-0.1, -0.05) is 38.8 Å². The molecule has 1 aliphatic carbocycles. The van der Waals surface area contributed by atoms with Crippen molar-refractivity contribution in [3.8, 4) is 0 Å². The first-order valence-electron chi connectivity index (χ1n) is 7.77. The first kappa shape index (κ1) is 15.8. The molecule has 20 heavy (non-hydrogen) atoms. The maximum atomic E-state index is 6.15. The Labute approximate surface area is 131 Å². The molecule has 0 amide bonds. The highest BCUT2D eigenvalue weighted by Gasteiger charge is 2.35. The van der Waals surface area contributed by atoms with Crippen molar-refractivity contribution in [2.75, 3.05) is 11.9 Å². The van der Waals surface area contributed by atoms with Gasteiger partial charge in [-0.05, 0) is 59.2 Å². The molecular formula is C17H27BrN2. The Morgan fingerprint density at radius 1 is 1.40 bits per heavy atom. The zero-order chi connectivity index (χ0) is 14.6. The molecular weight excluding hydrogens is 312 g/mol. The molecule has 1 fully saturated rings. The van der Waals surface area contributed by atoms with Crippen LogP contribution in [0.2, 0.25) is 0 Å². The van der Waals surface area contributed by atoms with E-state index in [9.17, 15) is 0 Å². The summed E-state index contributed by atoms with van der Waals surface area (Å²) in [6.07, 6.45) is 6.34. The van der Waals surface area contributed by atoms with Crippen LogP contribution in [0.3, 0.4) is 0 Å². The van der Waals surface area contributed by atoms with Gasteiger partial charge in [0.15, 0.2) is 0 Å². The van der Waals surface area contributed by atoms with E-state index in [1.807, 2.05) is 6.07 Å². The number of halogens is 1. The largest absolute Gasteiger partial charge is 0.377 e. The topological polar surface area (TPSA) is 38.0 Å². The van der Waals surface area contributed by atoms with Crippen molar-refractivity contribution in [3.05, 3.63) is 28.7 Å². The number of benzene rings is 1. The first-order chi connectivity index (χ1) is 9.54. The van der Waals surface area contributed by atoms with Crippen LogP contribution >= 0.6 is 15.9 Å². The molecule has 3 heteroatoms. The summed E-state index contributed by atoms with van der Waals surface area (Å²) in [5.74, 6) is 1.58. The molecule has 1 aliphatic rings. The third-order valence-electron chi connectivity index (χ3n) is 4.42. The monoisotopic (exact) mass is 338 g/mol. The van der Waals surface area contributed by atoms with Gasteiger partial charge in [-0.15, -0.1) is 0 Å². The predicted molar refractivity (Wildman–Crippen MR) is 91.0 cm³/mol. The minimum atomic E-state index is 0.0711. The first-order valence-corrected chi connectivity index (χ1v) is 8.57. The maximum Gasteiger partial charge on any atom is 0.0498 e. The van der Waals surface area contributed by atoms with Crippen molar-refractivity contribution < 1.29 is 0 Å². The molecule has 1 aromatic rings. The molecule has 3 N–H and O–H groups in total. The van der Waals surface area contributed by atoms with E-state index in [4.69, 9.17) is 5.73 Å². The van der Waals surface area contributed by atoms with Crippen LogP contribution in [0.5, 0.6) is 0 Å². The van der Waals surface area contributed by atoms with Gasteiger partial charge in [0.05, 0.1) is 0 Å². The molecule has 2 unspecified atom stereocenters. The molecule has 112 valence electrons. The molecule has 1 saturated carbocycles. The average molecular weight is 339 g/mol. The fourth-order valence-corrected chi connectivity index (χ4v) is 3.94. The zero-order valence-electron chi connectivity index (χ0n) is 12.7. The van der Waals surface area contributed by atoms with Crippen molar-refractivity contribution in [2.24, 2.45) is 17.6 Å². The highest BCUT2D eigenvalue weighted by Crippen LogP contribution is 2.38. The summed E-state index contributed by atoms with van der Waals surface area (Å²) in [6, 6.07) is 8.34. The van der Waals surface area contributed by atoms with Gasteiger partial charge in [0.2, 0.25) is 0 Å². The van der Waals surface area contributed by atoms with Crippen LogP contribution in [0.25, 0.3) is 0 Å². The fourth-order valence-electron chi connectivity index (χ4n) is 3.55. The Kier molecular flexibility index (Phi) is 5.50. The van der Waals surface area contributed by atoms with Gasteiger partial charge in [0.1, 0.15) is 0 Å². The van der Waals surface area contributed by atoms with Gasteiger partial charge in [-0.25, -0.2) is 0 Å². The lowest BCUT2D eigenvalue weighted by Gasteiger charge is -2.42. The summed E-state index contributed by atoms with van der Waals surface area (Å²) in [6.45, 7) is 5.35. The minimum Gasteiger partial charge on any atom is -0.377 e. The van der Waals surface area contributed by atoms with Crippen LogP contribution in [0.4, 0.5) is 5.69 Å². The molecule has 0 radical (unpaired) electrons. The Morgan fingerprint density at radius 2 is 2.15 bits per heavy atom. The number of hydrogen-bond acceptors (Lipinski definition) is 2. The number of nitrogens with two attached hydrogens (primary N) is 1. The van der Waals surface area contributed by atoms with Crippen LogP contribution in [-0.4, -0.2) is 12.1 Å². The number of hydrogen-bond donors (Lipinski definition) is 2. The van der Waals surface area contributed by atoms with Crippen molar-refractivity contribution in [1.82, 2.24) is 0 Å². The lowest BCUT2D eigenvalue weighted by atomic mass is 9.73. The second kappa shape index (κ2) is 6.95. The smallest absolute Gasteiger partial charge is 0.0498 e. The van der Waals surface area contributed by atoms with Gasteiger partial charge in [-0.2, -0.15) is 0 Å². The summed E-state index contributed by atoms with van der Waals surface area (Å²) >= 11 is 3.63. The average Bonchev–Trinajstić information content (AvgIpc) is 2.41. The summed E-state index contributed by atoms with van der Waals surface area (Å²) in [5.41, 5.74) is 7.39. The zero-order valence-corrected chi connectivity index (χ0v) is 14.2. The van der Waals surface area contributed by atoms with Crippen LogP contribution in [0, 0.1) is 11.8 Å². The Bertz CT molecular complexity index is 433. The van der Waals surface area contributed by atoms with Gasteiger partial charge in [0, 0.05) is 22.2 Å². The van der Waals surface area contributed by atoms with E-state index in [1.165, 1.54) is 37.8 Å². The van der Waals surface area contributed by atoms with Gasteiger partial charge in [0.25, 0.3) is 0 Å². The van der Waals surface area contributed by atoms with Crippen LogP contribution < -0.4 is 11.1 Å². The second-order valence-corrected chi connectivity index (χ2v) is 7.54. The lowest BCUT2D eigenvalue weighted by Crippen LogP contribution is -2.49. The van der Waals surface area contributed by atoms with Crippen molar-refractivity contribution in [2.45, 2.75) is 51.5 Å². The lowest BCUT2D eigenvalue weighted by molar-refractivity contribution is 0.222. The summed E-state index contributed by atoms with van der Waals surface area (Å²) in [7, 11) is 0. The van der Waals surface area contributed by atoms with Gasteiger partial charge in [-0.3, -0.25) is 0 Å². The summed E-state index contributed by atoms with van der Waals surface area (Å²) in [4.78, 5) is 0. The Hall–Kier alpha value is -0.540. The number of para-hydroxylation sites is 1. The second-order valence-electron chi connectivity index (χ2n) is 6.68. The predicted octanol–water partition coefficient (Wildman–Crippen LogP) is 4.79. The maximum absolute atomic E-state index is 6.15. The van der Waals surface area contributed by atoms with Crippen LogP contribution in [0.15, 0.2) is 28.7 Å². The van der Waals surface area contributed by atoms with E-state index < -0.39 is 0 Å². The molecule has 0 heterocycles. The number of nitrogens with one attached hydrogen (secondary N) is 1. The number of anilines is 1. The molecule has 0 bridgehead atoms. The van der Waals surface area contributed by atoms with E-state index in [1.54, 1.807) is 0 Å². The van der Waals surface area contributed by atoms with E-state index >= 15 is 0 Å². The molecule has 2 rings (SSSR count). The van der Waals surface area contributed by atoms with Crippen LogP contribution in [0.1, 0.15) is 46.0 Å². The summed E-state index contributed by atoms with van der Waals surface area (Å²) in [5, 5.41) is 3.74. The Morgan fingerprint density at radius 3 is 2.80 bits per heavy atom. The van der Waals surface area contributed by atoms with E-state index in [-0.39, 0.29) is 5.54 Å². The van der Waals surface area contributed by atoms with Crippen molar-refractivity contribution in [1.29, 1.82) is 0 Å². The van der Waals surface area contributed by atoms with E-state index in [0.717, 1.165) is 16.3 Å². The third-order valence-corrected chi connectivity index (χ3v) is 5.11. The highest BCUT2D eigenvalue weighted by molar-refractivity contribution is 9.10. The summed E-state index contributed by atoms with van der Waals surface area (Å²) < 4.78 is 1.12. The quantitative estimate of drug-likeness (QED) is 0.809. The standard InChI is InChI=1S/C17H27BrN2/c1-13(2)10-14-6-5-9-17(11-14,12-19)20-16-8-4-3-7-15(16)18/h3-4,7-8,13-14,20H,5-6,9-12,19H2,1-2H3. The third kappa shape index (κ3) is 3.98. The number of rotatable bonds is 5. The van der Waals surface area contributed by atoms with Crippen molar-refractivity contribution >= 4 is 21.6 Å². The highest BCUT2D eigenvalue weighted by atomic mass is 79.9. The van der Waals surface area contributed by atoms with Gasteiger partial charge >= 0.3 is 0 Å². The van der Waals surface area contributed by atoms with Crippen LogP contribution in [-0.2, 0) is 0 Å². The van der Waals surface area contributed by atoms with Crippen molar-refractivity contribution in [3.63, 3.8) is 0 Å². The Balaban J connectivity index is 2.10. The molecule has 0 saturated heterocycles. The van der Waals surface area contributed by atoms with E-state index in [0.29, 0.717) is 6.54 Å². The molecule has 2 nitrogen and oxygen atoms in total. The minimum absolute atomic E-state index is 0.0711. The SMILES string of the molecule is CC(C)CC1CCCC(CN)(Nc2ccccc2Br)C1. The fraction of sp³-hybridized carbons (Fsp3) is 0.647. The molecule has 0 spiro atoms.